The van der Waals surface area contributed by atoms with Gasteiger partial charge in [-0.15, -0.1) is 11.3 Å². The van der Waals surface area contributed by atoms with Crippen molar-refractivity contribution in [3.05, 3.63) is 95.4 Å². The molecular weight excluding hydrogens is 478 g/mol. The third-order valence-corrected chi connectivity index (χ3v) is 7.29. The summed E-state index contributed by atoms with van der Waals surface area (Å²) in [6.45, 7) is 7.00. The van der Waals surface area contributed by atoms with Gasteiger partial charge in [-0.2, -0.15) is 0 Å². The van der Waals surface area contributed by atoms with Gasteiger partial charge in [0.25, 0.3) is 5.91 Å². The SMILES string of the molecule is CCOc1ccc(-c2cc(C(=O)Nc3nc(-c4ccc(C(C)CC)cc4)cs3)c3ccccc3n2)cc1. The molecule has 0 fully saturated rings. The van der Waals surface area contributed by atoms with Crippen molar-refractivity contribution >= 4 is 33.3 Å². The van der Waals surface area contributed by atoms with Crippen LogP contribution < -0.4 is 10.1 Å². The van der Waals surface area contributed by atoms with Crippen LogP contribution in [0.4, 0.5) is 5.13 Å². The average molecular weight is 508 g/mol. The molecule has 0 saturated carbocycles. The van der Waals surface area contributed by atoms with Crippen LogP contribution in [0, 0.1) is 0 Å². The fourth-order valence-electron chi connectivity index (χ4n) is 4.25. The zero-order valence-corrected chi connectivity index (χ0v) is 22.0. The van der Waals surface area contributed by atoms with Crippen molar-refractivity contribution in [3.8, 4) is 28.3 Å². The Hall–Kier alpha value is -4.03. The molecule has 1 unspecified atom stereocenters. The molecule has 0 aliphatic rings. The lowest BCUT2D eigenvalue weighted by Gasteiger charge is -2.10. The summed E-state index contributed by atoms with van der Waals surface area (Å²) < 4.78 is 5.56. The first-order valence-corrected chi connectivity index (χ1v) is 13.4. The maximum Gasteiger partial charge on any atom is 0.258 e. The molecule has 0 aliphatic carbocycles. The Morgan fingerprint density at radius 2 is 1.62 bits per heavy atom. The zero-order valence-electron chi connectivity index (χ0n) is 21.2. The second kappa shape index (κ2) is 10.9. The van der Waals surface area contributed by atoms with Gasteiger partial charge in [0.15, 0.2) is 5.13 Å². The fraction of sp³-hybridized carbons (Fsp3) is 0.194. The number of hydrogen-bond acceptors (Lipinski definition) is 5. The van der Waals surface area contributed by atoms with Gasteiger partial charge in [-0.3, -0.25) is 10.1 Å². The lowest BCUT2D eigenvalue weighted by Crippen LogP contribution is -2.13. The van der Waals surface area contributed by atoms with E-state index in [2.05, 4.69) is 48.4 Å². The van der Waals surface area contributed by atoms with E-state index >= 15 is 0 Å². The zero-order chi connectivity index (χ0) is 25.8. The Bertz CT molecular complexity index is 1520. The molecular formula is C31H29N3O2S. The van der Waals surface area contributed by atoms with Gasteiger partial charge in [-0.25, -0.2) is 9.97 Å². The summed E-state index contributed by atoms with van der Waals surface area (Å²) in [4.78, 5) is 22.9. The Kier molecular flexibility index (Phi) is 7.28. The van der Waals surface area contributed by atoms with E-state index < -0.39 is 0 Å². The van der Waals surface area contributed by atoms with E-state index in [1.165, 1.54) is 16.9 Å². The summed E-state index contributed by atoms with van der Waals surface area (Å²) in [5.41, 5.74) is 6.18. The van der Waals surface area contributed by atoms with Crippen LogP contribution in [0.15, 0.2) is 84.2 Å². The third-order valence-electron chi connectivity index (χ3n) is 6.53. The van der Waals surface area contributed by atoms with Crippen molar-refractivity contribution in [1.82, 2.24) is 9.97 Å². The molecule has 5 aromatic rings. The Balaban J connectivity index is 1.41. The number of para-hydroxylation sites is 1. The Morgan fingerprint density at radius 1 is 0.919 bits per heavy atom. The number of benzene rings is 3. The summed E-state index contributed by atoms with van der Waals surface area (Å²) >= 11 is 1.42. The van der Waals surface area contributed by atoms with Gasteiger partial charge < -0.3 is 4.74 Å². The van der Waals surface area contributed by atoms with E-state index in [1.54, 1.807) is 0 Å². The van der Waals surface area contributed by atoms with E-state index in [9.17, 15) is 4.79 Å². The molecule has 2 heterocycles. The average Bonchev–Trinajstić information content (AvgIpc) is 3.41. The number of fused-ring (bicyclic) bond motifs is 1. The van der Waals surface area contributed by atoms with Crippen molar-refractivity contribution in [2.24, 2.45) is 0 Å². The van der Waals surface area contributed by atoms with Crippen LogP contribution in [0.25, 0.3) is 33.4 Å². The molecule has 1 N–H and O–H groups in total. The number of rotatable bonds is 8. The minimum absolute atomic E-state index is 0.209. The molecule has 5 rings (SSSR count). The summed E-state index contributed by atoms with van der Waals surface area (Å²) in [6.07, 6.45) is 1.11. The first-order valence-electron chi connectivity index (χ1n) is 12.6. The molecule has 0 aliphatic heterocycles. The minimum atomic E-state index is -0.209. The van der Waals surface area contributed by atoms with Crippen molar-refractivity contribution in [1.29, 1.82) is 0 Å². The van der Waals surface area contributed by atoms with E-state index in [-0.39, 0.29) is 5.91 Å². The van der Waals surface area contributed by atoms with E-state index in [0.29, 0.717) is 23.2 Å². The van der Waals surface area contributed by atoms with Gasteiger partial charge in [0.2, 0.25) is 0 Å². The number of carbonyl (C=O) groups is 1. The Labute approximate surface area is 221 Å². The number of aromatic nitrogens is 2. The topological polar surface area (TPSA) is 64.1 Å². The molecule has 5 nitrogen and oxygen atoms in total. The number of amides is 1. The maximum absolute atomic E-state index is 13.5. The predicted octanol–water partition coefficient (Wildman–Crippen LogP) is 8.19. The third kappa shape index (κ3) is 5.39. The lowest BCUT2D eigenvalue weighted by molar-refractivity contribution is 0.102. The highest BCUT2D eigenvalue weighted by Gasteiger charge is 2.16. The second-order valence-corrected chi connectivity index (χ2v) is 9.81. The number of ether oxygens (including phenoxy) is 1. The molecule has 0 spiro atoms. The van der Waals surface area contributed by atoms with Crippen LogP contribution >= 0.6 is 11.3 Å². The van der Waals surface area contributed by atoms with Gasteiger partial charge in [0.05, 0.1) is 29.1 Å². The summed E-state index contributed by atoms with van der Waals surface area (Å²) in [5, 5.41) is 6.34. The highest BCUT2D eigenvalue weighted by molar-refractivity contribution is 7.14. The van der Waals surface area contributed by atoms with Gasteiger partial charge in [-0.1, -0.05) is 56.3 Å². The van der Waals surface area contributed by atoms with Crippen LogP contribution in [0.2, 0.25) is 0 Å². The number of pyridine rings is 1. The minimum Gasteiger partial charge on any atom is -0.494 e. The number of carbonyl (C=O) groups excluding carboxylic acids is 1. The molecule has 37 heavy (non-hydrogen) atoms. The molecule has 2 aromatic heterocycles. The predicted molar refractivity (Wildman–Crippen MR) is 153 cm³/mol. The van der Waals surface area contributed by atoms with Crippen LogP contribution in [-0.4, -0.2) is 22.5 Å². The molecule has 3 aromatic carbocycles. The van der Waals surface area contributed by atoms with Crippen molar-refractivity contribution in [2.45, 2.75) is 33.1 Å². The van der Waals surface area contributed by atoms with Gasteiger partial charge in [0, 0.05) is 21.9 Å². The number of nitrogens with one attached hydrogen (secondary N) is 1. The van der Waals surface area contributed by atoms with Crippen LogP contribution in [0.5, 0.6) is 5.75 Å². The summed E-state index contributed by atoms with van der Waals surface area (Å²) in [7, 11) is 0. The molecule has 0 radical (unpaired) electrons. The highest BCUT2D eigenvalue weighted by Crippen LogP contribution is 2.30. The summed E-state index contributed by atoms with van der Waals surface area (Å²) in [5.74, 6) is 1.12. The van der Waals surface area contributed by atoms with Crippen molar-refractivity contribution < 1.29 is 9.53 Å². The van der Waals surface area contributed by atoms with E-state index in [1.807, 2.05) is 66.9 Å². The second-order valence-electron chi connectivity index (χ2n) is 8.95. The quantitative estimate of drug-likeness (QED) is 0.230. The fourth-order valence-corrected chi connectivity index (χ4v) is 4.96. The molecule has 0 saturated heterocycles. The molecule has 1 amide bonds. The largest absolute Gasteiger partial charge is 0.494 e. The molecule has 186 valence electrons. The standard InChI is InChI=1S/C31H29N3O2S/c1-4-20(3)21-10-12-23(13-11-21)29-19-37-31(33-29)34-30(35)26-18-28(32-27-9-7-6-8-25(26)27)22-14-16-24(17-15-22)36-5-2/h6-20H,4-5H2,1-3H3,(H,33,34,35). The monoisotopic (exact) mass is 507 g/mol. The van der Waals surface area contributed by atoms with Crippen LogP contribution in [0.3, 0.4) is 0 Å². The molecule has 6 heteroatoms. The van der Waals surface area contributed by atoms with E-state index in [4.69, 9.17) is 9.72 Å². The smallest absolute Gasteiger partial charge is 0.258 e. The number of thiazole rings is 1. The highest BCUT2D eigenvalue weighted by atomic mass is 32.1. The van der Waals surface area contributed by atoms with Crippen molar-refractivity contribution in [3.63, 3.8) is 0 Å². The number of nitrogens with zero attached hydrogens (tertiary/aromatic N) is 2. The normalized spacial score (nSPS) is 11.9. The van der Waals surface area contributed by atoms with Gasteiger partial charge in [-0.05, 0) is 61.2 Å². The molecule has 0 bridgehead atoms. The number of anilines is 1. The number of hydrogen-bond donors (Lipinski definition) is 1. The van der Waals surface area contributed by atoms with Crippen LogP contribution in [-0.2, 0) is 0 Å². The summed E-state index contributed by atoms with van der Waals surface area (Å²) in [6, 6.07) is 25.8. The first-order chi connectivity index (χ1) is 18.1. The van der Waals surface area contributed by atoms with Crippen LogP contribution in [0.1, 0.15) is 49.0 Å². The van der Waals surface area contributed by atoms with Crippen molar-refractivity contribution in [2.75, 3.05) is 11.9 Å². The Morgan fingerprint density at radius 3 is 2.35 bits per heavy atom. The lowest BCUT2D eigenvalue weighted by atomic mass is 9.97. The van der Waals surface area contributed by atoms with Gasteiger partial charge >= 0.3 is 0 Å². The van der Waals surface area contributed by atoms with Gasteiger partial charge in [0.1, 0.15) is 5.75 Å². The molecule has 1 atom stereocenters. The first kappa shape index (κ1) is 24.7. The maximum atomic E-state index is 13.5. The van der Waals surface area contributed by atoms with E-state index in [0.717, 1.165) is 45.6 Å².